The number of ether oxygens (including phenoxy) is 2. The minimum Gasteiger partial charge on any atom is -0.480 e. The van der Waals surface area contributed by atoms with Gasteiger partial charge in [0.2, 0.25) is 23.1 Å². The van der Waals surface area contributed by atoms with Crippen molar-refractivity contribution in [3.63, 3.8) is 0 Å². The van der Waals surface area contributed by atoms with Crippen LogP contribution >= 0.6 is 22.7 Å². The van der Waals surface area contributed by atoms with Crippen molar-refractivity contribution in [2.75, 3.05) is 0 Å². The summed E-state index contributed by atoms with van der Waals surface area (Å²) >= 11 is 2.82. The molecule has 2 saturated carbocycles. The summed E-state index contributed by atoms with van der Waals surface area (Å²) in [6.45, 7) is 1.89. The minimum absolute atomic E-state index is 0.0161. The molecule has 2 aliphatic heterocycles. The zero-order valence-electron chi connectivity index (χ0n) is 31.6. The summed E-state index contributed by atoms with van der Waals surface area (Å²) in [5, 5.41) is 1.06. The average Bonchev–Trinajstić information content (AvgIpc) is 3.97. The quantitative estimate of drug-likeness (QED) is 0.128. The molecule has 8 nitrogen and oxygen atoms in total. The van der Waals surface area contributed by atoms with Crippen molar-refractivity contribution in [1.82, 2.24) is 9.97 Å². The summed E-state index contributed by atoms with van der Waals surface area (Å²) in [5.41, 5.74) is 2.94. The predicted octanol–water partition coefficient (Wildman–Crippen LogP) is 11.0. The summed E-state index contributed by atoms with van der Waals surface area (Å²) in [7, 11) is 0. The van der Waals surface area contributed by atoms with Gasteiger partial charge < -0.3 is 9.47 Å². The van der Waals surface area contributed by atoms with E-state index in [1.807, 2.05) is 31.2 Å². The number of benzene rings is 3. The van der Waals surface area contributed by atoms with Gasteiger partial charge in [0, 0.05) is 33.4 Å². The van der Waals surface area contributed by atoms with E-state index in [2.05, 4.69) is 0 Å². The van der Waals surface area contributed by atoms with Crippen molar-refractivity contribution in [3.05, 3.63) is 103 Å². The molecular formula is C46H33F3N2O6S2. The topological polar surface area (TPSA) is 113 Å². The second-order valence-electron chi connectivity index (χ2n) is 16.4. The number of hydrogen-bond donors (Lipinski definition) is 0. The fourth-order valence-electron chi connectivity index (χ4n) is 9.80. The lowest BCUT2D eigenvalue weighted by Crippen LogP contribution is -2.39. The number of allylic oxidation sites excluding steroid dienone is 2. The van der Waals surface area contributed by atoms with Crippen LogP contribution in [0.3, 0.4) is 0 Å². The Labute approximate surface area is 343 Å². The number of ketones is 4. The first-order valence-corrected chi connectivity index (χ1v) is 21.5. The van der Waals surface area contributed by atoms with Gasteiger partial charge in [0.1, 0.15) is 32.9 Å². The van der Waals surface area contributed by atoms with E-state index in [1.165, 1.54) is 34.8 Å². The maximum atomic E-state index is 13.5. The lowest BCUT2D eigenvalue weighted by molar-refractivity contribution is -0.137. The van der Waals surface area contributed by atoms with E-state index in [-0.39, 0.29) is 16.7 Å². The van der Waals surface area contributed by atoms with Gasteiger partial charge in [-0.05, 0) is 112 Å². The molecule has 0 amide bonds. The molecule has 0 N–H and O–H groups in total. The molecule has 4 heterocycles. The van der Waals surface area contributed by atoms with Gasteiger partial charge in [-0.2, -0.15) is 13.2 Å². The molecule has 3 aromatic carbocycles. The molecule has 0 unspecified atom stereocenters. The third-order valence-corrected chi connectivity index (χ3v) is 14.8. The number of fused-ring (bicyclic) bond motifs is 10. The smallest absolute Gasteiger partial charge is 0.416 e. The third kappa shape index (κ3) is 5.46. The van der Waals surface area contributed by atoms with Gasteiger partial charge in [0.25, 0.3) is 0 Å². The number of nitrogens with zero attached hydrogens (tertiary/aromatic N) is 2. The van der Waals surface area contributed by atoms with Crippen LogP contribution in [0.25, 0.3) is 44.2 Å². The first kappa shape index (κ1) is 36.5. The highest BCUT2D eigenvalue weighted by molar-refractivity contribution is 7.16. The summed E-state index contributed by atoms with van der Waals surface area (Å²) in [6, 6.07) is 12.3. The Hall–Kier alpha value is -5.53. The Kier molecular flexibility index (Phi) is 7.89. The second kappa shape index (κ2) is 12.7. The number of hydrogen-bond acceptors (Lipinski definition) is 10. The summed E-state index contributed by atoms with van der Waals surface area (Å²) in [6.07, 6.45) is 7.42. The standard InChI is InChI=1S/C46H33F3N2O6S2/c1-22-8-10-24-26(16-22)36(52)38(54)28(24)20-34-50-42-40(58-34)30-18-33-31(19-32(30)56-44(42)12-4-2-5-13-44)41-43(45(57-33)14-6-3-7-15-45)51-35(59-41)21-29-25-11-9-23(46(47,48)49)17-27(25)37(53)39(29)55/h8-11,16-21H,2-7,12-15H2,1H3/b28-20-,29-21-. The van der Waals surface area contributed by atoms with Gasteiger partial charge >= 0.3 is 6.18 Å². The molecular weight excluding hydrogens is 798 g/mol. The number of rotatable bonds is 2. The highest BCUT2D eigenvalue weighted by Crippen LogP contribution is 2.59. The maximum Gasteiger partial charge on any atom is 0.416 e. The van der Waals surface area contributed by atoms with Crippen molar-refractivity contribution in [3.8, 4) is 32.4 Å². The number of halogens is 3. The molecule has 2 spiro atoms. The van der Waals surface area contributed by atoms with E-state index in [9.17, 15) is 32.3 Å². The zero-order chi connectivity index (χ0) is 40.6. The van der Waals surface area contributed by atoms with Gasteiger partial charge in [0.15, 0.2) is 11.2 Å². The minimum atomic E-state index is -4.66. The van der Waals surface area contributed by atoms with Crippen LogP contribution in [-0.4, -0.2) is 33.1 Å². The van der Waals surface area contributed by atoms with Crippen molar-refractivity contribution in [2.45, 2.75) is 88.5 Å². The normalized spacial score (nSPS) is 20.9. The maximum absolute atomic E-state index is 13.5. The lowest BCUT2D eigenvalue weighted by atomic mass is 9.78. The number of Topliss-reactive ketones (excluding diaryl/α,β-unsaturated/α-hetero) is 4. The van der Waals surface area contributed by atoms with E-state index in [0.29, 0.717) is 51.1 Å². The van der Waals surface area contributed by atoms with Crippen LogP contribution in [-0.2, 0) is 27.0 Å². The zero-order valence-corrected chi connectivity index (χ0v) is 33.3. The number of alkyl halides is 3. The molecule has 0 bridgehead atoms. The summed E-state index contributed by atoms with van der Waals surface area (Å²) in [4.78, 5) is 64.5. The van der Waals surface area contributed by atoms with E-state index < -0.39 is 46.1 Å². The van der Waals surface area contributed by atoms with Crippen LogP contribution in [0, 0.1) is 6.92 Å². The van der Waals surface area contributed by atoms with Crippen LogP contribution in [0.4, 0.5) is 13.2 Å². The predicted molar refractivity (Wildman–Crippen MR) is 216 cm³/mol. The van der Waals surface area contributed by atoms with E-state index in [0.717, 1.165) is 101 Å². The molecule has 0 radical (unpaired) electrons. The van der Waals surface area contributed by atoms with Crippen LogP contribution in [0.1, 0.15) is 129 Å². The average molecular weight is 831 g/mol. The molecule has 0 atom stereocenters. The van der Waals surface area contributed by atoms with Crippen molar-refractivity contribution >= 4 is 69.1 Å². The Morgan fingerprint density at radius 3 is 1.51 bits per heavy atom. The first-order chi connectivity index (χ1) is 28.3. The molecule has 4 aliphatic carbocycles. The SMILES string of the molecule is Cc1ccc2c(c1)C(=O)C(=O)/C2=C\c1nc2c(s1)-c1cc3c(cc1OC21CCCCC1)-c1sc(/C=C2\C(=O)C(=O)c4cc(C(F)(F)F)ccc42)nc1C1(CCCCC1)O3. The second-order valence-corrected chi connectivity index (χ2v) is 18.4. The molecule has 2 fully saturated rings. The fraction of sp³-hybridized carbons (Fsp3) is 0.304. The number of carbonyl (C=O) groups is 4. The highest BCUT2D eigenvalue weighted by Gasteiger charge is 2.49. The molecule has 13 heteroatoms. The van der Waals surface area contributed by atoms with Crippen LogP contribution in [0.15, 0.2) is 48.5 Å². The van der Waals surface area contributed by atoms with Crippen LogP contribution in [0.2, 0.25) is 0 Å². The molecule has 0 saturated heterocycles. The van der Waals surface area contributed by atoms with Gasteiger partial charge in [-0.1, -0.05) is 36.6 Å². The molecule has 2 aromatic heterocycles. The third-order valence-electron chi connectivity index (χ3n) is 12.7. The van der Waals surface area contributed by atoms with E-state index in [4.69, 9.17) is 19.4 Å². The van der Waals surface area contributed by atoms with E-state index in [1.54, 1.807) is 12.1 Å². The van der Waals surface area contributed by atoms with Gasteiger partial charge in [-0.15, -0.1) is 22.7 Å². The van der Waals surface area contributed by atoms with Crippen molar-refractivity contribution < 1.29 is 41.8 Å². The Bertz CT molecular complexity index is 2830. The monoisotopic (exact) mass is 830 g/mol. The first-order valence-electron chi connectivity index (χ1n) is 19.9. The molecule has 11 rings (SSSR count). The van der Waals surface area contributed by atoms with E-state index >= 15 is 0 Å². The largest absolute Gasteiger partial charge is 0.480 e. The number of thiazole rings is 2. The Morgan fingerprint density at radius 2 is 1.03 bits per heavy atom. The van der Waals surface area contributed by atoms with Crippen LogP contribution in [0.5, 0.6) is 11.5 Å². The Morgan fingerprint density at radius 1 is 0.576 bits per heavy atom. The van der Waals surface area contributed by atoms with Gasteiger partial charge in [-0.25, -0.2) is 9.97 Å². The van der Waals surface area contributed by atoms with Crippen molar-refractivity contribution in [2.24, 2.45) is 0 Å². The summed E-state index contributed by atoms with van der Waals surface area (Å²) < 4.78 is 54.7. The molecule has 6 aliphatic rings. The number of carbonyl (C=O) groups excluding carboxylic acids is 4. The van der Waals surface area contributed by atoms with Gasteiger partial charge in [0.05, 0.1) is 15.3 Å². The summed E-state index contributed by atoms with van der Waals surface area (Å²) in [5.74, 6) is -1.56. The highest BCUT2D eigenvalue weighted by atomic mass is 32.1. The van der Waals surface area contributed by atoms with Crippen molar-refractivity contribution in [1.29, 1.82) is 0 Å². The number of aryl methyl sites for hydroxylation is 1. The fourth-order valence-corrected chi connectivity index (χ4v) is 12.0. The molecule has 296 valence electrons. The van der Waals surface area contributed by atoms with Crippen LogP contribution < -0.4 is 9.47 Å². The lowest BCUT2D eigenvalue weighted by Gasteiger charge is -2.43. The molecule has 5 aromatic rings. The molecule has 59 heavy (non-hydrogen) atoms. The number of aromatic nitrogens is 2. The Balaban J connectivity index is 1.04. The van der Waals surface area contributed by atoms with Gasteiger partial charge in [-0.3, -0.25) is 19.2 Å².